The van der Waals surface area contributed by atoms with Gasteiger partial charge in [0, 0.05) is 23.9 Å². The smallest absolute Gasteiger partial charge is 0.303 e. The average Bonchev–Trinajstić information content (AvgIpc) is 3.02. The molecule has 0 amide bonds. The van der Waals surface area contributed by atoms with Crippen LogP contribution in [0.2, 0.25) is 5.02 Å². The van der Waals surface area contributed by atoms with Gasteiger partial charge in [-0.25, -0.2) is 4.98 Å². The van der Waals surface area contributed by atoms with Crippen LogP contribution in [0.15, 0.2) is 27.7 Å². The van der Waals surface area contributed by atoms with Crippen LogP contribution >= 0.6 is 27.5 Å². The van der Waals surface area contributed by atoms with Crippen molar-refractivity contribution in [3.8, 4) is 0 Å². The number of carboxylic acids is 1. The predicted molar refractivity (Wildman–Crippen MR) is 190 cm³/mol. The average molecular weight is 728 g/mol. The number of ketones is 1. The highest BCUT2D eigenvalue weighted by Gasteiger charge is 2.26. The van der Waals surface area contributed by atoms with E-state index in [0.29, 0.717) is 39.8 Å². The molecule has 2 N–H and O–H groups in total. The number of ether oxygens (including phenoxy) is 1. The fourth-order valence-electron chi connectivity index (χ4n) is 5.77. The van der Waals surface area contributed by atoms with E-state index < -0.39 is 18.2 Å². The minimum atomic E-state index is -0.652. The topological polar surface area (TPSA) is 119 Å². The SMILES string of the molecule is CCCCCCCCCCCCCCCCCCCC(=O)O.O=C(C[C@H]1OCCC[C@@H]1O)Cn1cnc2cc(Br)c(Cl)cc2c1=O. The molecular weight excluding hydrogens is 672 g/mol. The number of hydrogen-bond donors (Lipinski definition) is 2. The number of aliphatic hydroxyl groups excluding tert-OH is 1. The van der Waals surface area contributed by atoms with Crippen LogP contribution in [0.5, 0.6) is 0 Å². The molecular formula is C36H56BrClN2O6. The van der Waals surface area contributed by atoms with E-state index in [-0.39, 0.29) is 24.3 Å². The number of fused-ring (bicyclic) bond motifs is 1. The van der Waals surface area contributed by atoms with Crippen LogP contribution < -0.4 is 5.56 Å². The van der Waals surface area contributed by atoms with Crippen molar-refractivity contribution in [3.05, 3.63) is 38.3 Å². The number of rotatable bonds is 22. The molecule has 3 rings (SSSR count). The van der Waals surface area contributed by atoms with Gasteiger partial charge in [0.25, 0.3) is 5.56 Å². The molecule has 8 nitrogen and oxygen atoms in total. The van der Waals surface area contributed by atoms with Gasteiger partial charge >= 0.3 is 5.97 Å². The highest BCUT2D eigenvalue weighted by Crippen LogP contribution is 2.25. The summed E-state index contributed by atoms with van der Waals surface area (Å²) >= 11 is 9.32. The van der Waals surface area contributed by atoms with Gasteiger partial charge in [-0.1, -0.05) is 121 Å². The summed E-state index contributed by atoms with van der Waals surface area (Å²) in [5.41, 5.74) is 0.180. The van der Waals surface area contributed by atoms with Crippen LogP contribution in [0.4, 0.5) is 0 Å². The number of carbonyl (C=O) groups excluding carboxylic acids is 1. The van der Waals surface area contributed by atoms with Crippen molar-refractivity contribution in [2.45, 2.75) is 161 Å². The molecule has 1 aliphatic rings. The van der Waals surface area contributed by atoms with Crippen LogP contribution in [0, 0.1) is 0 Å². The molecule has 0 radical (unpaired) electrons. The lowest BCUT2D eigenvalue weighted by atomic mass is 10.0. The number of carbonyl (C=O) groups is 2. The summed E-state index contributed by atoms with van der Waals surface area (Å²) in [7, 11) is 0. The van der Waals surface area contributed by atoms with Crippen LogP contribution in [0.25, 0.3) is 10.9 Å². The van der Waals surface area contributed by atoms with Crippen molar-refractivity contribution >= 4 is 50.2 Å². The first-order valence-corrected chi connectivity index (χ1v) is 18.8. The van der Waals surface area contributed by atoms with E-state index in [1.54, 1.807) is 6.07 Å². The molecule has 1 saturated heterocycles. The van der Waals surface area contributed by atoms with E-state index in [2.05, 4.69) is 27.8 Å². The van der Waals surface area contributed by atoms with Crippen molar-refractivity contribution in [2.75, 3.05) is 6.61 Å². The zero-order valence-corrected chi connectivity index (χ0v) is 30.2. The molecule has 2 atom stereocenters. The second kappa shape index (κ2) is 24.3. The standard InChI is InChI=1S/C20H40O2.C16H16BrClN2O4/c1-2-3-4-5-6-7-8-9-10-11-12-13-14-15-16-17-18-19-20(21)22;17-11-6-13-10(5-12(11)18)16(23)20(8-19-13)7-9(21)4-15-14(22)2-1-3-24-15/h2-19H2,1H3,(H,21,22);5-6,8,14-15,22H,1-4,7H2/t;14-,15+/m.0/s1. The summed E-state index contributed by atoms with van der Waals surface area (Å²) in [5.74, 6) is -0.839. The summed E-state index contributed by atoms with van der Waals surface area (Å²) in [6.07, 6.45) is 24.8. The Bertz CT molecular complexity index is 1220. The molecule has 0 spiro atoms. The molecule has 1 aromatic carbocycles. The number of aromatic nitrogens is 2. The molecule has 0 saturated carbocycles. The molecule has 10 heteroatoms. The van der Waals surface area contributed by atoms with Crippen molar-refractivity contribution in [2.24, 2.45) is 0 Å². The summed E-state index contributed by atoms with van der Waals surface area (Å²) < 4.78 is 7.34. The summed E-state index contributed by atoms with van der Waals surface area (Å²) in [5, 5.41) is 19.2. The van der Waals surface area contributed by atoms with E-state index in [9.17, 15) is 19.5 Å². The molecule has 1 aliphatic heterocycles. The second-order valence-electron chi connectivity index (χ2n) is 12.6. The maximum Gasteiger partial charge on any atom is 0.303 e. The van der Waals surface area contributed by atoms with Gasteiger partial charge in [-0.2, -0.15) is 0 Å². The number of benzene rings is 1. The van der Waals surface area contributed by atoms with Crippen molar-refractivity contribution < 1.29 is 24.5 Å². The fraction of sp³-hybridized carbons (Fsp3) is 0.722. The number of unbranched alkanes of at least 4 members (excludes halogenated alkanes) is 16. The van der Waals surface area contributed by atoms with Gasteiger partial charge in [0.15, 0.2) is 5.78 Å². The molecule has 0 aliphatic carbocycles. The van der Waals surface area contributed by atoms with E-state index in [1.807, 2.05) is 0 Å². The molecule has 1 aromatic heterocycles. The maximum atomic E-state index is 12.5. The highest BCUT2D eigenvalue weighted by molar-refractivity contribution is 9.10. The third kappa shape index (κ3) is 16.8. The van der Waals surface area contributed by atoms with E-state index in [4.69, 9.17) is 21.4 Å². The first-order valence-electron chi connectivity index (χ1n) is 17.6. The number of hydrogen-bond acceptors (Lipinski definition) is 6. The Hall–Kier alpha value is -1.81. The third-order valence-corrected chi connectivity index (χ3v) is 9.74. The van der Waals surface area contributed by atoms with Gasteiger partial charge in [-0.15, -0.1) is 0 Å². The predicted octanol–water partition coefficient (Wildman–Crippen LogP) is 9.42. The van der Waals surface area contributed by atoms with E-state index in [1.165, 1.54) is 113 Å². The third-order valence-electron chi connectivity index (χ3n) is 8.54. The number of nitrogens with zero attached hydrogens (tertiary/aromatic N) is 2. The van der Waals surface area contributed by atoms with Crippen molar-refractivity contribution in [1.29, 1.82) is 0 Å². The maximum absolute atomic E-state index is 12.5. The van der Waals surface area contributed by atoms with Gasteiger partial charge in [-0.3, -0.25) is 19.0 Å². The van der Waals surface area contributed by atoms with E-state index >= 15 is 0 Å². The molecule has 260 valence electrons. The first kappa shape index (κ1) is 40.4. The van der Waals surface area contributed by atoms with Crippen LogP contribution in [0.1, 0.15) is 142 Å². The lowest BCUT2D eigenvalue weighted by Gasteiger charge is -2.27. The fourth-order valence-corrected chi connectivity index (χ4v) is 6.26. The van der Waals surface area contributed by atoms with Crippen LogP contribution in [-0.4, -0.2) is 50.3 Å². The van der Waals surface area contributed by atoms with E-state index in [0.717, 1.165) is 19.3 Å². The zero-order chi connectivity index (χ0) is 33.6. The summed E-state index contributed by atoms with van der Waals surface area (Å²) in [6, 6.07) is 3.20. The van der Waals surface area contributed by atoms with Crippen molar-refractivity contribution in [1.82, 2.24) is 9.55 Å². The quantitative estimate of drug-likeness (QED) is 0.116. The Morgan fingerprint density at radius 1 is 0.935 bits per heavy atom. The Morgan fingerprint density at radius 3 is 2.00 bits per heavy atom. The highest BCUT2D eigenvalue weighted by atomic mass is 79.9. The number of Topliss-reactive ketones (excluding diaryl/α,β-unsaturated/α-hetero) is 1. The first-order chi connectivity index (χ1) is 22.2. The molecule has 1 fully saturated rings. The Balaban J connectivity index is 0.000000322. The number of aliphatic hydroxyl groups is 1. The zero-order valence-electron chi connectivity index (χ0n) is 27.8. The van der Waals surface area contributed by atoms with Crippen molar-refractivity contribution in [3.63, 3.8) is 0 Å². The van der Waals surface area contributed by atoms with Crippen LogP contribution in [-0.2, 0) is 20.9 Å². The Morgan fingerprint density at radius 2 is 1.48 bits per heavy atom. The van der Waals surface area contributed by atoms with Gasteiger partial charge < -0.3 is 14.9 Å². The minimum absolute atomic E-state index is 0.0761. The van der Waals surface area contributed by atoms with Gasteiger partial charge in [0.1, 0.15) is 0 Å². The normalized spacial score (nSPS) is 16.3. The summed E-state index contributed by atoms with van der Waals surface area (Å²) in [4.78, 5) is 39.3. The largest absolute Gasteiger partial charge is 0.481 e. The minimum Gasteiger partial charge on any atom is -0.481 e. The lowest BCUT2D eigenvalue weighted by Crippen LogP contribution is -2.37. The molecule has 0 unspecified atom stereocenters. The molecule has 0 bridgehead atoms. The van der Waals surface area contributed by atoms with Crippen LogP contribution in [0.3, 0.4) is 0 Å². The number of halogens is 2. The number of aliphatic carboxylic acids is 1. The monoisotopic (exact) mass is 726 g/mol. The Labute approximate surface area is 288 Å². The van der Waals surface area contributed by atoms with Gasteiger partial charge in [0.2, 0.25) is 0 Å². The molecule has 2 heterocycles. The van der Waals surface area contributed by atoms with Gasteiger partial charge in [0.05, 0.1) is 41.0 Å². The lowest BCUT2D eigenvalue weighted by molar-refractivity contribution is -0.137. The Kier molecular flexibility index (Phi) is 21.4. The van der Waals surface area contributed by atoms with Gasteiger partial charge in [-0.05, 0) is 47.3 Å². The number of carboxylic acid groups (broad SMARTS) is 1. The second-order valence-corrected chi connectivity index (χ2v) is 13.9. The molecule has 2 aromatic rings. The summed E-state index contributed by atoms with van der Waals surface area (Å²) in [6.45, 7) is 2.71. The molecule has 46 heavy (non-hydrogen) atoms.